The second-order valence-electron chi connectivity index (χ2n) is 5.37. The number of carbonyl (C=O) groups excluding carboxylic acids is 2. The number of benzene rings is 2. The Bertz CT molecular complexity index is 706. The van der Waals surface area contributed by atoms with Crippen LogP contribution in [-0.2, 0) is 4.79 Å². The molecular formula is C18H19FN2O3. The number of nitrogens with zero attached hydrogens (tertiary/aromatic N) is 1. The number of carbonyl (C=O) groups is 2. The molecule has 2 aromatic rings. The number of halogens is 1. The van der Waals surface area contributed by atoms with E-state index in [0.717, 1.165) is 0 Å². The number of likely N-dealkylation sites (N-methyl/N-ethyl adjacent to an activating group) is 1. The highest BCUT2D eigenvalue weighted by Gasteiger charge is 2.17. The second kappa shape index (κ2) is 8.21. The molecule has 0 heterocycles. The molecule has 2 N–H and O–H groups in total. The van der Waals surface area contributed by atoms with Gasteiger partial charge in [-0.1, -0.05) is 36.4 Å². The summed E-state index contributed by atoms with van der Waals surface area (Å²) in [6.07, 6.45) is -1.15. The third kappa shape index (κ3) is 4.63. The quantitative estimate of drug-likeness (QED) is 0.848. The van der Waals surface area contributed by atoms with Crippen molar-refractivity contribution >= 4 is 11.8 Å². The predicted octanol–water partition coefficient (Wildman–Crippen LogP) is 1.75. The molecule has 1 atom stereocenters. The molecule has 0 saturated carbocycles. The minimum Gasteiger partial charge on any atom is -0.386 e. The Kier molecular flexibility index (Phi) is 6.03. The molecule has 6 heteroatoms. The lowest BCUT2D eigenvalue weighted by atomic mass is 10.1. The molecule has 0 aliphatic carbocycles. The molecule has 126 valence electrons. The number of rotatable bonds is 6. The first-order chi connectivity index (χ1) is 11.5. The molecule has 0 spiro atoms. The highest BCUT2D eigenvalue weighted by Crippen LogP contribution is 2.15. The summed E-state index contributed by atoms with van der Waals surface area (Å²) < 4.78 is 13.5. The van der Waals surface area contributed by atoms with E-state index in [4.69, 9.17) is 0 Å². The van der Waals surface area contributed by atoms with Crippen molar-refractivity contribution in [2.75, 3.05) is 20.1 Å². The van der Waals surface area contributed by atoms with Crippen molar-refractivity contribution in [1.82, 2.24) is 10.2 Å². The first-order valence-electron chi connectivity index (χ1n) is 7.48. The normalized spacial score (nSPS) is 11.6. The average molecular weight is 330 g/mol. The van der Waals surface area contributed by atoms with Gasteiger partial charge < -0.3 is 15.3 Å². The molecule has 0 aromatic heterocycles. The van der Waals surface area contributed by atoms with Crippen LogP contribution >= 0.6 is 0 Å². The maximum Gasteiger partial charge on any atom is 0.254 e. The molecule has 2 rings (SSSR count). The fourth-order valence-corrected chi connectivity index (χ4v) is 2.21. The van der Waals surface area contributed by atoms with Gasteiger partial charge in [-0.25, -0.2) is 4.39 Å². The van der Waals surface area contributed by atoms with Crippen LogP contribution in [0.5, 0.6) is 0 Å². The molecule has 24 heavy (non-hydrogen) atoms. The lowest BCUT2D eigenvalue weighted by Gasteiger charge is -2.18. The van der Waals surface area contributed by atoms with Crippen molar-refractivity contribution in [3.8, 4) is 0 Å². The Morgan fingerprint density at radius 1 is 1.12 bits per heavy atom. The minimum absolute atomic E-state index is 0.117. The molecule has 5 nitrogen and oxygen atoms in total. The summed E-state index contributed by atoms with van der Waals surface area (Å²) in [4.78, 5) is 25.3. The summed E-state index contributed by atoms with van der Waals surface area (Å²) in [5.41, 5.74) is 0.603. The summed E-state index contributed by atoms with van der Waals surface area (Å²) in [5, 5.41) is 12.4. The number of amides is 2. The maximum absolute atomic E-state index is 13.5. The van der Waals surface area contributed by atoms with E-state index in [1.165, 1.54) is 30.1 Å². The average Bonchev–Trinajstić information content (AvgIpc) is 2.60. The molecule has 2 aromatic carbocycles. The summed E-state index contributed by atoms with van der Waals surface area (Å²) in [6, 6.07) is 14.4. The van der Waals surface area contributed by atoms with Crippen LogP contribution < -0.4 is 5.32 Å². The summed E-state index contributed by atoms with van der Waals surface area (Å²) >= 11 is 0. The van der Waals surface area contributed by atoms with Crippen molar-refractivity contribution in [3.05, 3.63) is 71.5 Å². The molecular weight excluding hydrogens is 311 g/mol. The topological polar surface area (TPSA) is 69.6 Å². The Labute approximate surface area is 139 Å². The highest BCUT2D eigenvalue weighted by molar-refractivity contribution is 5.96. The molecule has 0 aliphatic heterocycles. The number of aliphatic hydroxyl groups excluding tert-OH is 1. The van der Waals surface area contributed by atoms with Gasteiger partial charge in [0.15, 0.2) is 0 Å². The van der Waals surface area contributed by atoms with Crippen LogP contribution in [0.25, 0.3) is 0 Å². The highest BCUT2D eigenvalue weighted by atomic mass is 19.1. The summed E-state index contributed by atoms with van der Waals surface area (Å²) in [6.45, 7) is -0.287. The number of aliphatic hydroxyl groups is 1. The van der Waals surface area contributed by atoms with Crippen LogP contribution in [0.15, 0.2) is 54.6 Å². The Hall–Kier alpha value is -2.73. The maximum atomic E-state index is 13.5. The van der Waals surface area contributed by atoms with E-state index in [1.807, 2.05) is 0 Å². The largest absolute Gasteiger partial charge is 0.386 e. The first-order valence-corrected chi connectivity index (χ1v) is 7.48. The Morgan fingerprint density at radius 2 is 1.75 bits per heavy atom. The van der Waals surface area contributed by atoms with Crippen LogP contribution in [0, 0.1) is 5.82 Å². The van der Waals surface area contributed by atoms with Crippen molar-refractivity contribution in [1.29, 1.82) is 0 Å². The van der Waals surface area contributed by atoms with E-state index in [9.17, 15) is 19.1 Å². The van der Waals surface area contributed by atoms with E-state index >= 15 is 0 Å². The second-order valence-corrected chi connectivity index (χ2v) is 5.37. The molecule has 1 unspecified atom stereocenters. The molecule has 0 fully saturated rings. The zero-order chi connectivity index (χ0) is 17.5. The van der Waals surface area contributed by atoms with E-state index in [2.05, 4.69) is 5.32 Å². The molecule has 0 aliphatic rings. The van der Waals surface area contributed by atoms with Crippen LogP contribution in [0.1, 0.15) is 22.0 Å². The smallest absolute Gasteiger partial charge is 0.254 e. The molecule has 0 saturated heterocycles. The third-order valence-corrected chi connectivity index (χ3v) is 3.51. The van der Waals surface area contributed by atoms with Gasteiger partial charge in [-0.2, -0.15) is 0 Å². The number of nitrogens with one attached hydrogen (secondary N) is 1. The summed E-state index contributed by atoms with van der Waals surface area (Å²) in [7, 11) is 1.52. The SMILES string of the molecule is CN(CC(=O)NCC(O)c1ccccc1F)C(=O)c1ccccc1. The molecule has 0 bridgehead atoms. The summed E-state index contributed by atoms with van der Waals surface area (Å²) in [5.74, 6) is -1.24. The van der Waals surface area contributed by atoms with Gasteiger partial charge in [0, 0.05) is 24.7 Å². The van der Waals surface area contributed by atoms with Gasteiger partial charge in [-0.3, -0.25) is 9.59 Å². The van der Waals surface area contributed by atoms with Crippen molar-refractivity contribution < 1.29 is 19.1 Å². The van der Waals surface area contributed by atoms with Gasteiger partial charge in [0.2, 0.25) is 5.91 Å². The number of hydrogen-bond acceptors (Lipinski definition) is 3. The minimum atomic E-state index is -1.15. The lowest BCUT2D eigenvalue weighted by molar-refractivity contribution is -0.122. The first kappa shape index (κ1) is 17.6. The van der Waals surface area contributed by atoms with E-state index in [-0.39, 0.29) is 24.6 Å². The predicted molar refractivity (Wildman–Crippen MR) is 87.8 cm³/mol. The van der Waals surface area contributed by atoms with Gasteiger partial charge in [-0.05, 0) is 18.2 Å². The van der Waals surface area contributed by atoms with Crippen LogP contribution in [0.2, 0.25) is 0 Å². The van der Waals surface area contributed by atoms with Crippen molar-refractivity contribution in [2.45, 2.75) is 6.10 Å². The third-order valence-electron chi connectivity index (χ3n) is 3.51. The zero-order valence-corrected chi connectivity index (χ0v) is 13.3. The van der Waals surface area contributed by atoms with Crippen molar-refractivity contribution in [3.63, 3.8) is 0 Å². The number of hydrogen-bond donors (Lipinski definition) is 2. The van der Waals surface area contributed by atoms with Crippen LogP contribution in [0.4, 0.5) is 4.39 Å². The van der Waals surface area contributed by atoms with Gasteiger partial charge in [0.05, 0.1) is 12.6 Å². The van der Waals surface area contributed by atoms with Crippen LogP contribution in [0.3, 0.4) is 0 Å². The fraction of sp³-hybridized carbons (Fsp3) is 0.222. The molecule has 0 radical (unpaired) electrons. The standard InChI is InChI=1S/C18H19FN2O3/c1-21(18(24)13-7-3-2-4-8-13)12-17(23)20-11-16(22)14-9-5-6-10-15(14)19/h2-10,16,22H,11-12H2,1H3,(H,20,23). The zero-order valence-electron chi connectivity index (χ0n) is 13.3. The van der Waals surface area contributed by atoms with E-state index in [1.54, 1.807) is 36.4 Å². The molecule has 2 amide bonds. The van der Waals surface area contributed by atoms with Crippen molar-refractivity contribution in [2.24, 2.45) is 0 Å². The van der Waals surface area contributed by atoms with E-state index < -0.39 is 17.8 Å². The van der Waals surface area contributed by atoms with Gasteiger partial charge in [0.25, 0.3) is 5.91 Å². The van der Waals surface area contributed by atoms with E-state index in [0.29, 0.717) is 5.56 Å². The van der Waals surface area contributed by atoms with Gasteiger partial charge >= 0.3 is 0 Å². The van der Waals surface area contributed by atoms with Gasteiger partial charge in [0.1, 0.15) is 5.82 Å². The Morgan fingerprint density at radius 3 is 2.42 bits per heavy atom. The Balaban J connectivity index is 1.85. The fourth-order valence-electron chi connectivity index (χ4n) is 2.21. The van der Waals surface area contributed by atoms with Gasteiger partial charge in [-0.15, -0.1) is 0 Å². The van der Waals surface area contributed by atoms with Crippen LogP contribution in [-0.4, -0.2) is 42.0 Å². The lowest BCUT2D eigenvalue weighted by Crippen LogP contribution is -2.39. The monoisotopic (exact) mass is 330 g/mol.